The molecule has 0 atom stereocenters. The van der Waals surface area contributed by atoms with Crippen LogP contribution in [0.4, 0.5) is 11.4 Å². The lowest BCUT2D eigenvalue weighted by Crippen LogP contribution is -2.14. The van der Waals surface area contributed by atoms with Crippen LogP contribution in [0, 0.1) is 19.8 Å². The van der Waals surface area contributed by atoms with Gasteiger partial charge >= 0.3 is 0 Å². The van der Waals surface area contributed by atoms with E-state index in [1.165, 1.54) is 16.7 Å². The maximum atomic E-state index is 12.2. The highest BCUT2D eigenvalue weighted by Gasteiger charge is 2.07. The second-order valence-electron chi connectivity index (χ2n) is 7.20. The van der Waals surface area contributed by atoms with Crippen LogP contribution in [-0.4, -0.2) is 11.8 Å². The number of hydrogen-bond acceptors (Lipinski definition) is 2. The summed E-state index contributed by atoms with van der Waals surface area (Å²) in [4.78, 5) is 23.9. The van der Waals surface area contributed by atoms with Gasteiger partial charge in [-0.2, -0.15) is 0 Å². The van der Waals surface area contributed by atoms with Crippen LogP contribution in [0.1, 0.15) is 43.4 Å². The van der Waals surface area contributed by atoms with Crippen molar-refractivity contribution in [2.45, 2.75) is 47.0 Å². The van der Waals surface area contributed by atoms with E-state index in [0.717, 1.165) is 17.8 Å². The summed E-state index contributed by atoms with van der Waals surface area (Å²) in [7, 11) is 0. The highest BCUT2D eigenvalue weighted by atomic mass is 16.2. The lowest BCUT2D eigenvalue weighted by atomic mass is 10.0. The zero-order valence-corrected chi connectivity index (χ0v) is 16.1. The van der Waals surface area contributed by atoms with E-state index >= 15 is 0 Å². The van der Waals surface area contributed by atoms with Crippen molar-refractivity contribution in [3.05, 3.63) is 59.2 Å². The van der Waals surface area contributed by atoms with Gasteiger partial charge in [0.25, 0.3) is 0 Å². The van der Waals surface area contributed by atoms with Gasteiger partial charge in [0.2, 0.25) is 11.8 Å². The van der Waals surface area contributed by atoms with Gasteiger partial charge in [0.15, 0.2) is 0 Å². The third-order valence-electron chi connectivity index (χ3n) is 4.17. The molecule has 2 aromatic carbocycles. The van der Waals surface area contributed by atoms with Gasteiger partial charge in [0.05, 0.1) is 0 Å². The van der Waals surface area contributed by atoms with Gasteiger partial charge < -0.3 is 10.6 Å². The number of aryl methyl sites for hydroxylation is 3. The summed E-state index contributed by atoms with van der Waals surface area (Å²) in [5.41, 5.74) is 5.13. The third-order valence-corrected chi connectivity index (χ3v) is 4.17. The number of hydrogen-bond donors (Lipinski definition) is 2. The average molecular weight is 352 g/mol. The molecule has 0 unspecified atom stereocenters. The minimum absolute atomic E-state index is 0.00486. The molecule has 2 amide bonds. The maximum absolute atomic E-state index is 12.2. The van der Waals surface area contributed by atoms with E-state index in [1.807, 2.05) is 13.8 Å². The van der Waals surface area contributed by atoms with E-state index in [4.69, 9.17) is 0 Å². The van der Waals surface area contributed by atoms with Crippen LogP contribution >= 0.6 is 0 Å². The number of carbonyl (C=O) groups excluding carboxylic acids is 2. The van der Waals surface area contributed by atoms with Crippen molar-refractivity contribution in [3.63, 3.8) is 0 Å². The number of nitrogens with one attached hydrogen (secondary N) is 2. The zero-order chi connectivity index (χ0) is 19.1. The number of rotatable bonds is 7. The first kappa shape index (κ1) is 19.7. The molecule has 2 aromatic rings. The monoisotopic (exact) mass is 352 g/mol. The Morgan fingerprint density at radius 2 is 1.46 bits per heavy atom. The van der Waals surface area contributed by atoms with Crippen LogP contribution in [0.25, 0.3) is 0 Å². The summed E-state index contributed by atoms with van der Waals surface area (Å²) < 4.78 is 0. The highest BCUT2D eigenvalue weighted by molar-refractivity contribution is 5.93. The molecule has 0 fully saturated rings. The molecule has 0 heterocycles. The summed E-state index contributed by atoms with van der Waals surface area (Å²) >= 11 is 0. The van der Waals surface area contributed by atoms with Crippen LogP contribution in [-0.2, 0) is 16.0 Å². The van der Waals surface area contributed by atoms with Gasteiger partial charge in [0.1, 0.15) is 0 Å². The Bertz CT molecular complexity index is 764. The Morgan fingerprint density at radius 3 is 2.00 bits per heavy atom. The van der Waals surface area contributed by atoms with Gasteiger partial charge in [-0.3, -0.25) is 9.59 Å². The third kappa shape index (κ3) is 6.36. The number of anilines is 2. The Balaban J connectivity index is 1.84. The lowest BCUT2D eigenvalue weighted by Gasteiger charge is -2.10. The molecule has 0 bridgehead atoms. The van der Waals surface area contributed by atoms with Gasteiger partial charge in [-0.15, -0.1) is 0 Å². The van der Waals surface area contributed by atoms with E-state index in [9.17, 15) is 9.59 Å². The molecule has 0 aromatic heterocycles. The summed E-state index contributed by atoms with van der Waals surface area (Å²) in [5.74, 6) is 0.317. The molecule has 4 nitrogen and oxygen atoms in total. The van der Waals surface area contributed by atoms with Gasteiger partial charge in [-0.25, -0.2) is 0 Å². The summed E-state index contributed by atoms with van der Waals surface area (Å²) in [6.07, 6.45) is 1.66. The van der Waals surface area contributed by atoms with Crippen molar-refractivity contribution in [2.24, 2.45) is 5.92 Å². The molecule has 0 radical (unpaired) electrons. The molecule has 2 N–H and O–H groups in total. The molecular weight excluding hydrogens is 324 g/mol. The van der Waals surface area contributed by atoms with Crippen LogP contribution in [0.15, 0.2) is 42.5 Å². The van der Waals surface area contributed by atoms with Crippen molar-refractivity contribution in [1.29, 1.82) is 0 Å². The van der Waals surface area contributed by atoms with E-state index in [1.54, 1.807) is 24.3 Å². The Labute approximate surface area is 156 Å². The molecule has 4 heteroatoms. The molecule has 2 rings (SSSR count). The first-order valence-corrected chi connectivity index (χ1v) is 9.09. The van der Waals surface area contributed by atoms with Gasteiger partial charge in [-0.05, 0) is 61.6 Å². The Morgan fingerprint density at radius 1 is 0.885 bits per heavy atom. The fourth-order valence-electron chi connectivity index (χ4n) is 2.82. The second kappa shape index (κ2) is 9.18. The van der Waals surface area contributed by atoms with E-state index < -0.39 is 0 Å². The molecule has 0 spiro atoms. The Hall–Kier alpha value is -2.62. The zero-order valence-electron chi connectivity index (χ0n) is 16.1. The van der Waals surface area contributed by atoms with Crippen LogP contribution in [0.3, 0.4) is 0 Å². The molecule has 0 aliphatic heterocycles. The maximum Gasteiger partial charge on any atom is 0.224 e. The predicted octanol–water partition coefficient (Wildman–Crippen LogP) is 4.86. The average Bonchev–Trinajstić information content (AvgIpc) is 2.55. The fraction of sp³-hybridized carbons (Fsp3) is 0.364. The van der Waals surface area contributed by atoms with Gasteiger partial charge in [-0.1, -0.05) is 37.6 Å². The fourth-order valence-corrected chi connectivity index (χ4v) is 2.82. The number of benzene rings is 2. The van der Waals surface area contributed by atoms with Crippen molar-refractivity contribution >= 4 is 23.2 Å². The lowest BCUT2D eigenvalue weighted by molar-refractivity contribution is -0.117. The topological polar surface area (TPSA) is 58.2 Å². The number of carbonyl (C=O) groups is 2. The van der Waals surface area contributed by atoms with Crippen molar-refractivity contribution < 1.29 is 9.59 Å². The van der Waals surface area contributed by atoms with E-state index in [-0.39, 0.29) is 11.8 Å². The molecule has 0 saturated carbocycles. The second-order valence-corrected chi connectivity index (χ2v) is 7.20. The molecule has 0 aliphatic carbocycles. The molecule has 138 valence electrons. The summed E-state index contributed by atoms with van der Waals surface area (Å²) in [6, 6.07) is 13.5. The van der Waals surface area contributed by atoms with Crippen LogP contribution in [0.2, 0.25) is 0 Å². The summed E-state index contributed by atoms with van der Waals surface area (Å²) in [5, 5.41) is 5.76. The summed E-state index contributed by atoms with van der Waals surface area (Å²) in [6.45, 7) is 8.16. The minimum atomic E-state index is -0.0124. The molecule has 0 aliphatic rings. The molecule has 26 heavy (non-hydrogen) atoms. The number of amides is 2. The van der Waals surface area contributed by atoms with Crippen LogP contribution in [0.5, 0.6) is 0 Å². The molecular formula is C22H28N2O2. The first-order valence-electron chi connectivity index (χ1n) is 9.09. The predicted molar refractivity (Wildman–Crippen MR) is 107 cm³/mol. The quantitative estimate of drug-likeness (QED) is 0.747. The Kier molecular flexibility index (Phi) is 6.96. The highest BCUT2D eigenvalue weighted by Crippen LogP contribution is 2.16. The first-order chi connectivity index (χ1) is 12.3. The van der Waals surface area contributed by atoms with Crippen LogP contribution < -0.4 is 10.6 Å². The van der Waals surface area contributed by atoms with Crippen molar-refractivity contribution in [1.82, 2.24) is 0 Å². The van der Waals surface area contributed by atoms with Crippen molar-refractivity contribution in [2.75, 3.05) is 10.6 Å². The molecule has 0 saturated heterocycles. The van der Waals surface area contributed by atoms with Gasteiger partial charge in [0, 0.05) is 24.2 Å². The smallest absolute Gasteiger partial charge is 0.224 e. The largest absolute Gasteiger partial charge is 0.326 e. The van der Waals surface area contributed by atoms with E-state index in [0.29, 0.717) is 18.8 Å². The SMILES string of the molecule is Cc1ccc(CCC(=O)Nc2ccc(NC(=O)CC(C)C)cc2)c(C)c1. The normalized spacial score (nSPS) is 10.7. The van der Waals surface area contributed by atoms with E-state index in [2.05, 4.69) is 42.7 Å². The minimum Gasteiger partial charge on any atom is -0.326 e. The standard InChI is InChI=1S/C22H28N2O2/c1-15(2)13-22(26)24-20-10-8-19(9-11-20)23-21(25)12-7-18-6-5-16(3)14-17(18)4/h5-6,8-11,14-15H,7,12-13H2,1-4H3,(H,23,25)(H,24,26). The van der Waals surface area contributed by atoms with Crippen molar-refractivity contribution in [3.8, 4) is 0 Å².